The first-order valence-corrected chi connectivity index (χ1v) is 10.4. The van der Waals surface area contributed by atoms with E-state index in [1.165, 1.54) is 11.8 Å². The number of nitrogens with one attached hydrogen (secondary N) is 2. The van der Waals surface area contributed by atoms with Crippen LogP contribution in [0.1, 0.15) is 15.9 Å². The summed E-state index contributed by atoms with van der Waals surface area (Å²) in [6.07, 6.45) is 0. The van der Waals surface area contributed by atoms with Crippen LogP contribution < -0.4 is 10.6 Å². The van der Waals surface area contributed by atoms with Crippen LogP contribution in [0.25, 0.3) is 0 Å². The topological polar surface area (TPSA) is 82.0 Å². The maximum Gasteiger partial charge on any atom is 0.256 e. The number of nitrogens with zero attached hydrogens (tertiary/aromatic N) is 1. The van der Waals surface area contributed by atoms with Crippen molar-refractivity contribution in [3.05, 3.63) is 88.4 Å². The number of benzene rings is 3. The second-order valence-corrected chi connectivity index (χ2v) is 7.92. The van der Waals surface area contributed by atoms with Gasteiger partial charge in [-0.15, -0.1) is 11.8 Å². The van der Waals surface area contributed by atoms with E-state index in [1.54, 1.807) is 42.5 Å². The molecule has 29 heavy (non-hydrogen) atoms. The largest absolute Gasteiger partial charge is 0.325 e. The summed E-state index contributed by atoms with van der Waals surface area (Å²) in [4.78, 5) is 25.7. The lowest BCUT2D eigenvalue weighted by atomic mass is 10.2. The van der Waals surface area contributed by atoms with Crippen molar-refractivity contribution in [2.45, 2.75) is 4.90 Å². The van der Waals surface area contributed by atoms with E-state index in [0.717, 1.165) is 4.47 Å². The van der Waals surface area contributed by atoms with Gasteiger partial charge in [0.05, 0.1) is 22.9 Å². The summed E-state index contributed by atoms with van der Waals surface area (Å²) in [6.45, 7) is 0. The molecular weight excluding hydrogens is 450 g/mol. The molecule has 144 valence electrons. The third kappa shape index (κ3) is 5.95. The van der Waals surface area contributed by atoms with Gasteiger partial charge in [0, 0.05) is 20.7 Å². The van der Waals surface area contributed by atoms with E-state index in [9.17, 15) is 9.59 Å². The zero-order chi connectivity index (χ0) is 20.6. The Morgan fingerprint density at radius 3 is 2.41 bits per heavy atom. The van der Waals surface area contributed by atoms with Gasteiger partial charge in [-0.1, -0.05) is 40.2 Å². The molecular formula is C22H16BrN3O2S. The highest BCUT2D eigenvalue weighted by Gasteiger charge is 2.13. The van der Waals surface area contributed by atoms with E-state index in [-0.39, 0.29) is 17.6 Å². The number of hydrogen-bond acceptors (Lipinski definition) is 4. The molecule has 7 heteroatoms. The smallest absolute Gasteiger partial charge is 0.256 e. The van der Waals surface area contributed by atoms with Crippen molar-refractivity contribution in [1.82, 2.24) is 0 Å². The highest BCUT2D eigenvalue weighted by atomic mass is 79.9. The van der Waals surface area contributed by atoms with E-state index in [1.807, 2.05) is 36.4 Å². The van der Waals surface area contributed by atoms with E-state index in [4.69, 9.17) is 5.26 Å². The van der Waals surface area contributed by atoms with Gasteiger partial charge in [-0.2, -0.15) is 5.26 Å². The summed E-state index contributed by atoms with van der Waals surface area (Å²) in [5.74, 6) is -0.321. The van der Waals surface area contributed by atoms with Crippen molar-refractivity contribution in [2.75, 3.05) is 16.4 Å². The number of rotatable bonds is 6. The fourth-order valence-electron chi connectivity index (χ4n) is 2.55. The summed E-state index contributed by atoms with van der Waals surface area (Å²) < 4.78 is 0.870. The van der Waals surface area contributed by atoms with E-state index < -0.39 is 0 Å². The molecule has 0 heterocycles. The molecule has 0 aliphatic heterocycles. The fourth-order valence-corrected chi connectivity index (χ4v) is 3.80. The van der Waals surface area contributed by atoms with Gasteiger partial charge in [-0.25, -0.2) is 0 Å². The fraction of sp³-hybridized carbons (Fsp3) is 0.0455. The molecule has 0 radical (unpaired) electrons. The monoisotopic (exact) mass is 465 g/mol. The van der Waals surface area contributed by atoms with Gasteiger partial charge in [-0.05, 0) is 48.5 Å². The third-order valence-electron chi connectivity index (χ3n) is 3.85. The standard InChI is InChI=1S/C22H16BrN3O2S/c23-16-6-4-8-18(12-16)26-22(28)19-9-1-2-10-20(19)29-14-21(27)25-17-7-3-5-15(11-17)13-24/h1-12H,14H2,(H,25,27)(H,26,28). The highest BCUT2D eigenvalue weighted by Crippen LogP contribution is 2.24. The van der Waals surface area contributed by atoms with Gasteiger partial charge in [-0.3, -0.25) is 9.59 Å². The number of carbonyl (C=O) groups excluding carboxylic acids is 2. The second-order valence-electron chi connectivity index (χ2n) is 5.99. The Balaban J connectivity index is 1.65. The van der Waals surface area contributed by atoms with Crippen LogP contribution in [0, 0.1) is 11.3 Å². The minimum Gasteiger partial charge on any atom is -0.325 e. The molecule has 0 fully saturated rings. The molecule has 5 nitrogen and oxygen atoms in total. The molecule has 3 aromatic carbocycles. The molecule has 3 aromatic rings. The zero-order valence-electron chi connectivity index (χ0n) is 15.2. The number of nitriles is 1. The van der Waals surface area contributed by atoms with Crippen molar-refractivity contribution >= 4 is 50.9 Å². The van der Waals surface area contributed by atoms with Crippen molar-refractivity contribution in [2.24, 2.45) is 0 Å². The average molecular weight is 466 g/mol. The van der Waals surface area contributed by atoms with Crippen molar-refractivity contribution in [3.8, 4) is 6.07 Å². The predicted molar refractivity (Wildman–Crippen MR) is 119 cm³/mol. The number of amides is 2. The first-order chi connectivity index (χ1) is 14.0. The summed E-state index contributed by atoms with van der Waals surface area (Å²) in [7, 11) is 0. The molecule has 0 aromatic heterocycles. The van der Waals surface area contributed by atoms with E-state index >= 15 is 0 Å². The minimum atomic E-state index is -0.242. The first kappa shape index (κ1) is 20.6. The van der Waals surface area contributed by atoms with Crippen LogP contribution in [0.2, 0.25) is 0 Å². The maximum absolute atomic E-state index is 12.7. The van der Waals surface area contributed by atoms with Crippen molar-refractivity contribution in [1.29, 1.82) is 5.26 Å². The van der Waals surface area contributed by atoms with Crippen LogP contribution in [0.5, 0.6) is 0 Å². The van der Waals surface area contributed by atoms with Gasteiger partial charge in [0.1, 0.15) is 0 Å². The third-order valence-corrected chi connectivity index (χ3v) is 5.42. The van der Waals surface area contributed by atoms with E-state index in [2.05, 4.69) is 26.6 Å². The summed E-state index contributed by atoms with van der Waals surface area (Å²) in [5, 5.41) is 14.6. The average Bonchev–Trinajstić information content (AvgIpc) is 2.72. The molecule has 0 saturated heterocycles. The SMILES string of the molecule is N#Cc1cccc(NC(=O)CSc2ccccc2C(=O)Nc2cccc(Br)c2)c1. The minimum absolute atomic E-state index is 0.137. The summed E-state index contributed by atoms with van der Waals surface area (Å²) in [5.41, 5.74) is 2.22. The molecule has 0 aliphatic rings. The van der Waals surface area contributed by atoms with Gasteiger partial charge in [0.25, 0.3) is 5.91 Å². The number of anilines is 2. The Hall–Kier alpha value is -3.08. The van der Waals surface area contributed by atoms with Gasteiger partial charge < -0.3 is 10.6 Å². The Labute approximate surface area is 181 Å². The normalized spacial score (nSPS) is 10.1. The van der Waals surface area contributed by atoms with Crippen LogP contribution in [-0.2, 0) is 4.79 Å². The van der Waals surface area contributed by atoms with E-state index in [0.29, 0.717) is 27.4 Å². The van der Waals surface area contributed by atoms with Gasteiger partial charge in [0.15, 0.2) is 0 Å². The Bertz CT molecular complexity index is 1100. The number of halogens is 1. The second kappa shape index (κ2) is 9.92. The van der Waals surface area contributed by atoms with Gasteiger partial charge in [0.2, 0.25) is 5.91 Å². The Morgan fingerprint density at radius 1 is 0.931 bits per heavy atom. The van der Waals surface area contributed by atoms with Gasteiger partial charge >= 0.3 is 0 Å². The maximum atomic E-state index is 12.7. The predicted octanol–water partition coefficient (Wildman–Crippen LogP) is 5.30. The molecule has 3 rings (SSSR count). The number of thioether (sulfide) groups is 1. The van der Waals surface area contributed by atoms with Crippen molar-refractivity contribution in [3.63, 3.8) is 0 Å². The highest BCUT2D eigenvalue weighted by molar-refractivity contribution is 9.10. The molecule has 0 atom stereocenters. The van der Waals surface area contributed by atoms with Crippen LogP contribution >= 0.6 is 27.7 Å². The first-order valence-electron chi connectivity index (χ1n) is 8.64. The molecule has 0 bridgehead atoms. The molecule has 2 N–H and O–H groups in total. The van der Waals surface area contributed by atoms with Crippen LogP contribution in [0.4, 0.5) is 11.4 Å². The summed E-state index contributed by atoms with van der Waals surface area (Å²) >= 11 is 4.66. The number of hydrogen-bond donors (Lipinski definition) is 2. The molecule has 0 aliphatic carbocycles. The van der Waals surface area contributed by atoms with Crippen LogP contribution in [0.3, 0.4) is 0 Å². The lowest BCUT2D eigenvalue weighted by Crippen LogP contribution is -2.16. The van der Waals surface area contributed by atoms with Crippen molar-refractivity contribution < 1.29 is 9.59 Å². The van der Waals surface area contributed by atoms with Crippen LogP contribution in [-0.4, -0.2) is 17.6 Å². The quantitative estimate of drug-likeness (QED) is 0.483. The van der Waals surface area contributed by atoms with Crippen LogP contribution in [0.15, 0.2) is 82.2 Å². The lowest BCUT2D eigenvalue weighted by Gasteiger charge is -2.10. The lowest BCUT2D eigenvalue weighted by molar-refractivity contribution is -0.113. The summed E-state index contributed by atoms with van der Waals surface area (Å²) in [6, 6.07) is 23.2. The molecule has 2 amide bonds. The molecule has 0 spiro atoms. The number of carbonyl (C=O) groups is 2. The zero-order valence-corrected chi connectivity index (χ0v) is 17.6. The Kier molecular flexibility index (Phi) is 7.06. The molecule has 0 saturated carbocycles. The molecule has 0 unspecified atom stereocenters. The Morgan fingerprint density at radius 2 is 1.66 bits per heavy atom.